The highest BCUT2D eigenvalue weighted by molar-refractivity contribution is 7.14. The predicted octanol–water partition coefficient (Wildman–Crippen LogP) is 2.83. The first-order chi connectivity index (χ1) is 6.70. The summed E-state index contributed by atoms with van der Waals surface area (Å²) in [6.45, 7) is 3.80. The maximum Gasteiger partial charge on any atom is 0.227 e. The second kappa shape index (κ2) is 3.38. The van der Waals surface area contributed by atoms with Crippen LogP contribution in [0.3, 0.4) is 0 Å². The van der Waals surface area contributed by atoms with Gasteiger partial charge in [0.25, 0.3) is 0 Å². The molecule has 0 fully saturated rings. The number of carbonyl (C=O) groups excluding carboxylic acids is 1. The summed E-state index contributed by atoms with van der Waals surface area (Å²) in [7, 11) is 0. The minimum atomic E-state index is 0.587. The Morgan fingerprint density at radius 2 is 2.29 bits per heavy atom. The van der Waals surface area contributed by atoms with Gasteiger partial charge in [0.2, 0.25) is 5.89 Å². The summed E-state index contributed by atoms with van der Waals surface area (Å²) < 4.78 is 5.39. The molecule has 0 atom stereocenters. The molecule has 0 aliphatic heterocycles. The highest BCUT2D eigenvalue weighted by Crippen LogP contribution is 2.29. The van der Waals surface area contributed by atoms with Crippen LogP contribution in [0, 0.1) is 13.8 Å². The van der Waals surface area contributed by atoms with Crippen LogP contribution in [0.25, 0.3) is 11.5 Å². The normalized spacial score (nSPS) is 10.4. The third-order valence-electron chi connectivity index (χ3n) is 1.90. The van der Waals surface area contributed by atoms with Crippen LogP contribution in [0.1, 0.15) is 20.3 Å². The number of hydrogen-bond acceptors (Lipinski definition) is 4. The number of hydrogen-bond donors (Lipinski definition) is 0. The lowest BCUT2D eigenvalue weighted by atomic mass is 10.2. The van der Waals surface area contributed by atoms with Crippen molar-refractivity contribution >= 4 is 17.6 Å². The molecule has 72 valence electrons. The van der Waals surface area contributed by atoms with E-state index in [0.717, 1.165) is 22.5 Å². The summed E-state index contributed by atoms with van der Waals surface area (Å²) in [5.74, 6) is 1.36. The topological polar surface area (TPSA) is 43.1 Å². The zero-order chi connectivity index (χ0) is 10.1. The fourth-order valence-electron chi connectivity index (χ4n) is 1.25. The third-order valence-corrected chi connectivity index (χ3v) is 2.88. The number of aryl methyl sites for hydroxylation is 2. The molecule has 0 aliphatic rings. The maximum absolute atomic E-state index is 10.6. The zero-order valence-corrected chi connectivity index (χ0v) is 8.72. The lowest BCUT2D eigenvalue weighted by Crippen LogP contribution is -1.74. The average molecular weight is 207 g/mol. The van der Waals surface area contributed by atoms with Gasteiger partial charge in [0.1, 0.15) is 5.76 Å². The number of oxazole rings is 1. The van der Waals surface area contributed by atoms with Crippen LogP contribution in [-0.4, -0.2) is 11.3 Å². The van der Waals surface area contributed by atoms with Crippen molar-refractivity contribution in [2.45, 2.75) is 13.8 Å². The molecule has 0 saturated carbocycles. The molecule has 2 aromatic heterocycles. The standard InChI is InChI=1S/C10H9NO2S/c1-6-4-11-10(13-6)9-3-8(5-12)14-7(9)2/h3-5H,1-2H3. The monoisotopic (exact) mass is 207 g/mol. The van der Waals surface area contributed by atoms with E-state index in [0.29, 0.717) is 10.8 Å². The number of aromatic nitrogens is 1. The average Bonchev–Trinajstić information content (AvgIpc) is 2.71. The van der Waals surface area contributed by atoms with Crippen molar-refractivity contribution in [3.63, 3.8) is 0 Å². The molecule has 0 amide bonds. The Bertz CT molecular complexity index is 470. The first-order valence-corrected chi connectivity index (χ1v) is 5.01. The van der Waals surface area contributed by atoms with Gasteiger partial charge in [-0.15, -0.1) is 11.3 Å². The maximum atomic E-state index is 10.6. The van der Waals surface area contributed by atoms with Gasteiger partial charge in [-0.25, -0.2) is 4.98 Å². The quantitative estimate of drug-likeness (QED) is 0.711. The molecule has 0 aliphatic carbocycles. The lowest BCUT2D eigenvalue weighted by Gasteiger charge is -1.90. The molecule has 0 unspecified atom stereocenters. The van der Waals surface area contributed by atoms with Crippen molar-refractivity contribution in [3.8, 4) is 11.5 Å². The van der Waals surface area contributed by atoms with Crippen molar-refractivity contribution in [3.05, 3.63) is 27.8 Å². The summed E-state index contributed by atoms with van der Waals surface area (Å²) in [6, 6.07) is 1.80. The van der Waals surface area contributed by atoms with E-state index in [9.17, 15) is 4.79 Å². The van der Waals surface area contributed by atoms with E-state index in [1.165, 1.54) is 11.3 Å². The van der Waals surface area contributed by atoms with Crippen LogP contribution in [0.4, 0.5) is 0 Å². The number of thiophene rings is 1. The van der Waals surface area contributed by atoms with Crippen LogP contribution in [0.5, 0.6) is 0 Å². The fourth-order valence-corrected chi connectivity index (χ4v) is 2.09. The van der Waals surface area contributed by atoms with E-state index in [-0.39, 0.29) is 0 Å². The van der Waals surface area contributed by atoms with Gasteiger partial charge in [0.05, 0.1) is 16.6 Å². The van der Waals surface area contributed by atoms with E-state index in [4.69, 9.17) is 4.42 Å². The summed E-state index contributed by atoms with van der Waals surface area (Å²) in [5.41, 5.74) is 0.908. The highest BCUT2D eigenvalue weighted by atomic mass is 32.1. The molecule has 2 aromatic rings. The van der Waals surface area contributed by atoms with Crippen molar-refractivity contribution in [2.75, 3.05) is 0 Å². The molecule has 0 aromatic carbocycles. The Morgan fingerprint density at radius 3 is 2.79 bits per heavy atom. The van der Waals surface area contributed by atoms with Crippen LogP contribution in [0.15, 0.2) is 16.7 Å². The van der Waals surface area contributed by atoms with Gasteiger partial charge in [-0.3, -0.25) is 4.79 Å². The van der Waals surface area contributed by atoms with Gasteiger partial charge < -0.3 is 4.42 Å². The molecule has 0 saturated heterocycles. The van der Waals surface area contributed by atoms with Crippen LogP contribution >= 0.6 is 11.3 Å². The van der Waals surface area contributed by atoms with Crippen LogP contribution in [0.2, 0.25) is 0 Å². The van der Waals surface area contributed by atoms with Crippen molar-refractivity contribution in [2.24, 2.45) is 0 Å². The van der Waals surface area contributed by atoms with Gasteiger partial charge in [-0.05, 0) is 19.9 Å². The van der Waals surface area contributed by atoms with Gasteiger partial charge >= 0.3 is 0 Å². The highest BCUT2D eigenvalue weighted by Gasteiger charge is 2.11. The largest absolute Gasteiger partial charge is 0.441 e. The summed E-state index contributed by atoms with van der Waals surface area (Å²) in [5, 5.41) is 0. The molecule has 14 heavy (non-hydrogen) atoms. The Balaban J connectivity index is 2.50. The molecule has 3 nitrogen and oxygen atoms in total. The molecule has 0 spiro atoms. The molecule has 0 bridgehead atoms. The first-order valence-electron chi connectivity index (χ1n) is 4.19. The van der Waals surface area contributed by atoms with Crippen molar-refractivity contribution < 1.29 is 9.21 Å². The van der Waals surface area contributed by atoms with E-state index < -0.39 is 0 Å². The molecule has 2 rings (SSSR count). The van der Waals surface area contributed by atoms with Crippen molar-refractivity contribution in [1.82, 2.24) is 4.98 Å². The van der Waals surface area contributed by atoms with Crippen LogP contribution in [-0.2, 0) is 0 Å². The van der Waals surface area contributed by atoms with Gasteiger partial charge in [0.15, 0.2) is 6.29 Å². The molecule has 0 N–H and O–H groups in total. The number of carbonyl (C=O) groups is 1. The lowest BCUT2D eigenvalue weighted by molar-refractivity contribution is 0.112. The molecular formula is C10H9NO2S. The smallest absolute Gasteiger partial charge is 0.227 e. The molecule has 0 radical (unpaired) electrons. The van der Waals surface area contributed by atoms with E-state index in [1.54, 1.807) is 12.3 Å². The van der Waals surface area contributed by atoms with Crippen molar-refractivity contribution in [1.29, 1.82) is 0 Å². The van der Waals surface area contributed by atoms with E-state index >= 15 is 0 Å². The Kier molecular flexibility index (Phi) is 2.21. The SMILES string of the molecule is Cc1cnc(-c2cc(C=O)sc2C)o1. The van der Waals surface area contributed by atoms with E-state index in [1.807, 2.05) is 13.8 Å². The number of rotatable bonds is 2. The Hall–Kier alpha value is -1.42. The van der Waals surface area contributed by atoms with E-state index in [2.05, 4.69) is 4.98 Å². The number of nitrogens with zero attached hydrogens (tertiary/aromatic N) is 1. The minimum Gasteiger partial charge on any atom is -0.441 e. The second-order valence-electron chi connectivity index (χ2n) is 3.01. The van der Waals surface area contributed by atoms with Crippen LogP contribution < -0.4 is 0 Å². The van der Waals surface area contributed by atoms with Gasteiger partial charge in [0, 0.05) is 4.88 Å². The Labute approximate surface area is 85.4 Å². The first kappa shape index (κ1) is 9.15. The molecule has 2 heterocycles. The summed E-state index contributed by atoms with van der Waals surface area (Å²) >= 11 is 1.45. The summed E-state index contributed by atoms with van der Waals surface area (Å²) in [4.78, 5) is 16.4. The van der Waals surface area contributed by atoms with Gasteiger partial charge in [-0.1, -0.05) is 0 Å². The predicted molar refractivity (Wildman–Crippen MR) is 54.7 cm³/mol. The number of aldehydes is 1. The zero-order valence-electron chi connectivity index (χ0n) is 7.90. The Morgan fingerprint density at radius 1 is 1.50 bits per heavy atom. The third kappa shape index (κ3) is 1.48. The fraction of sp³-hybridized carbons (Fsp3) is 0.200. The molecule has 4 heteroatoms. The minimum absolute atomic E-state index is 0.587. The second-order valence-corrected chi connectivity index (χ2v) is 4.30. The summed E-state index contributed by atoms with van der Waals surface area (Å²) in [6.07, 6.45) is 2.52. The van der Waals surface area contributed by atoms with Gasteiger partial charge in [-0.2, -0.15) is 0 Å². The molecular weight excluding hydrogens is 198 g/mol.